The molecule has 0 atom stereocenters. The lowest BCUT2D eigenvalue weighted by molar-refractivity contribution is 0.443. The van der Waals surface area contributed by atoms with Crippen molar-refractivity contribution in [2.24, 2.45) is 0 Å². The van der Waals surface area contributed by atoms with E-state index in [1.807, 2.05) is 0 Å². The maximum atomic E-state index is 2.49. The van der Waals surface area contributed by atoms with Crippen LogP contribution in [0.5, 0.6) is 0 Å². The van der Waals surface area contributed by atoms with Gasteiger partial charge in [0.1, 0.15) is 0 Å². The van der Waals surface area contributed by atoms with Gasteiger partial charge in [-0.3, -0.25) is 0 Å². The van der Waals surface area contributed by atoms with Crippen LogP contribution in [0, 0.1) is 0 Å². The molecule has 3 rings (SSSR count). The summed E-state index contributed by atoms with van der Waals surface area (Å²) < 4.78 is 0. The van der Waals surface area contributed by atoms with E-state index < -0.39 is 0 Å². The number of unbranched alkanes of at least 4 members (excludes halogenated alkanes) is 2. The third-order valence-corrected chi connectivity index (χ3v) is 5.30. The monoisotopic (exact) mass is 306 g/mol. The second-order valence-corrected chi connectivity index (χ2v) is 7.13. The van der Waals surface area contributed by atoms with E-state index in [4.69, 9.17) is 0 Å². The lowest BCUT2D eigenvalue weighted by Crippen LogP contribution is -2.04. The van der Waals surface area contributed by atoms with E-state index in [1.165, 1.54) is 69.8 Å². The number of rotatable bonds is 7. The van der Waals surface area contributed by atoms with E-state index in [-0.39, 0.29) is 0 Å². The van der Waals surface area contributed by atoms with E-state index in [9.17, 15) is 0 Å². The Balaban J connectivity index is 1.41. The molecule has 0 amide bonds. The molecule has 0 bridgehead atoms. The molecular formula is C23H30. The number of hydrogen-bond donors (Lipinski definition) is 0. The second-order valence-electron chi connectivity index (χ2n) is 7.13. The first-order valence-corrected chi connectivity index (χ1v) is 9.54. The minimum absolute atomic E-state index is 0.835. The molecule has 0 aliphatic heterocycles. The minimum Gasteiger partial charge on any atom is -0.0622 e. The molecule has 0 nitrogen and oxygen atoms in total. The summed E-state index contributed by atoms with van der Waals surface area (Å²) in [6.45, 7) is 0. The first kappa shape index (κ1) is 16.3. The topological polar surface area (TPSA) is 0 Å². The summed E-state index contributed by atoms with van der Waals surface area (Å²) in [5.74, 6) is 0.835. The van der Waals surface area contributed by atoms with Gasteiger partial charge in [0.25, 0.3) is 0 Å². The van der Waals surface area contributed by atoms with Crippen LogP contribution in [-0.2, 0) is 12.8 Å². The van der Waals surface area contributed by atoms with Crippen LogP contribution in [0.1, 0.15) is 74.0 Å². The molecule has 0 N–H and O–H groups in total. The van der Waals surface area contributed by atoms with Gasteiger partial charge in [-0.1, -0.05) is 80.3 Å². The largest absolute Gasteiger partial charge is 0.0622 e. The fraction of sp³-hybridized carbons (Fsp3) is 0.478. The highest BCUT2D eigenvalue weighted by molar-refractivity contribution is 5.27. The Hall–Kier alpha value is -1.56. The Morgan fingerprint density at radius 3 is 2.13 bits per heavy atom. The predicted octanol–water partition coefficient (Wildman–Crippen LogP) is 6.69. The zero-order chi connectivity index (χ0) is 15.7. The van der Waals surface area contributed by atoms with Crippen molar-refractivity contribution in [2.75, 3.05) is 0 Å². The fourth-order valence-corrected chi connectivity index (χ4v) is 3.92. The van der Waals surface area contributed by atoms with Gasteiger partial charge < -0.3 is 0 Å². The van der Waals surface area contributed by atoms with Gasteiger partial charge >= 0.3 is 0 Å². The number of aryl methyl sites for hydroxylation is 2. The van der Waals surface area contributed by atoms with Gasteiger partial charge in [-0.2, -0.15) is 0 Å². The maximum Gasteiger partial charge on any atom is -0.0162 e. The quantitative estimate of drug-likeness (QED) is 0.500. The normalized spacial score (nSPS) is 15.7. The third-order valence-electron chi connectivity index (χ3n) is 5.30. The van der Waals surface area contributed by atoms with Crippen LogP contribution in [0.2, 0.25) is 0 Å². The van der Waals surface area contributed by atoms with Crippen LogP contribution in [0.4, 0.5) is 0 Å². The van der Waals surface area contributed by atoms with Crippen LogP contribution >= 0.6 is 0 Å². The van der Waals surface area contributed by atoms with E-state index in [2.05, 4.69) is 54.6 Å². The summed E-state index contributed by atoms with van der Waals surface area (Å²) in [5, 5.41) is 0. The zero-order valence-electron chi connectivity index (χ0n) is 14.3. The van der Waals surface area contributed by atoms with Gasteiger partial charge in [0.05, 0.1) is 0 Å². The SMILES string of the molecule is c1ccc(CCCCCc2cccc(C3CCCCC3)c2)cc1. The van der Waals surface area contributed by atoms with Crippen molar-refractivity contribution in [3.05, 3.63) is 71.3 Å². The maximum absolute atomic E-state index is 2.49. The van der Waals surface area contributed by atoms with Gasteiger partial charge in [-0.05, 0) is 61.1 Å². The van der Waals surface area contributed by atoms with Gasteiger partial charge in [0.2, 0.25) is 0 Å². The zero-order valence-corrected chi connectivity index (χ0v) is 14.3. The molecular weight excluding hydrogens is 276 g/mol. The van der Waals surface area contributed by atoms with E-state index in [0.717, 1.165) is 5.92 Å². The average Bonchev–Trinajstić information content (AvgIpc) is 2.63. The highest BCUT2D eigenvalue weighted by Gasteiger charge is 2.15. The average molecular weight is 306 g/mol. The van der Waals surface area contributed by atoms with Crippen LogP contribution in [0.3, 0.4) is 0 Å². The first-order chi connectivity index (χ1) is 11.4. The first-order valence-electron chi connectivity index (χ1n) is 9.54. The summed E-state index contributed by atoms with van der Waals surface area (Å²) in [4.78, 5) is 0. The summed E-state index contributed by atoms with van der Waals surface area (Å²) >= 11 is 0. The van der Waals surface area contributed by atoms with Crippen molar-refractivity contribution < 1.29 is 0 Å². The standard InChI is InChI=1S/C23H30/c1-4-11-20(12-5-1)13-6-2-7-14-21-15-10-18-23(19-21)22-16-8-3-9-17-22/h1,4-5,10-12,15,18-19,22H,2-3,6-9,13-14,16-17H2. The third kappa shape index (κ3) is 5.23. The summed E-state index contributed by atoms with van der Waals surface area (Å²) in [5.41, 5.74) is 4.63. The molecule has 0 saturated heterocycles. The molecule has 1 saturated carbocycles. The molecule has 0 heteroatoms. The summed E-state index contributed by atoms with van der Waals surface area (Å²) in [6, 6.07) is 20.3. The Bertz CT molecular complexity index is 564. The fourth-order valence-electron chi connectivity index (χ4n) is 3.92. The van der Waals surface area contributed by atoms with Gasteiger partial charge in [0.15, 0.2) is 0 Å². The number of benzene rings is 2. The molecule has 1 fully saturated rings. The Kier molecular flexibility index (Phi) is 6.32. The molecule has 0 heterocycles. The van der Waals surface area contributed by atoms with Crippen LogP contribution < -0.4 is 0 Å². The molecule has 0 unspecified atom stereocenters. The second kappa shape index (κ2) is 8.91. The van der Waals surface area contributed by atoms with Crippen LogP contribution in [0.25, 0.3) is 0 Å². The highest BCUT2D eigenvalue weighted by Crippen LogP contribution is 2.32. The van der Waals surface area contributed by atoms with Crippen LogP contribution in [0.15, 0.2) is 54.6 Å². The summed E-state index contributed by atoms with van der Waals surface area (Å²) in [7, 11) is 0. The van der Waals surface area contributed by atoms with E-state index in [1.54, 1.807) is 11.1 Å². The summed E-state index contributed by atoms with van der Waals surface area (Å²) in [6.07, 6.45) is 13.5. The Morgan fingerprint density at radius 1 is 0.652 bits per heavy atom. The molecule has 2 aromatic carbocycles. The Labute approximate surface area is 141 Å². The Morgan fingerprint density at radius 2 is 1.35 bits per heavy atom. The van der Waals surface area contributed by atoms with E-state index >= 15 is 0 Å². The highest BCUT2D eigenvalue weighted by atomic mass is 14.2. The molecule has 23 heavy (non-hydrogen) atoms. The van der Waals surface area contributed by atoms with Crippen molar-refractivity contribution in [3.8, 4) is 0 Å². The van der Waals surface area contributed by atoms with Crippen molar-refractivity contribution in [1.82, 2.24) is 0 Å². The molecule has 1 aliphatic carbocycles. The van der Waals surface area contributed by atoms with Crippen molar-refractivity contribution >= 4 is 0 Å². The molecule has 1 aliphatic rings. The minimum atomic E-state index is 0.835. The van der Waals surface area contributed by atoms with Gasteiger partial charge in [-0.15, -0.1) is 0 Å². The lowest BCUT2D eigenvalue weighted by atomic mass is 9.83. The molecule has 2 aromatic rings. The van der Waals surface area contributed by atoms with Crippen molar-refractivity contribution in [2.45, 2.75) is 70.1 Å². The van der Waals surface area contributed by atoms with E-state index in [0.29, 0.717) is 0 Å². The van der Waals surface area contributed by atoms with Gasteiger partial charge in [0, 0.05) is 0 Å². The van der Waals surface area contributed by atoms with Crippen LogP contribution in [-0.4, -0.2) is 0 Å². The molecule has 122 valence electrons. The predicted molar refractivity (Wildman–Crippen MR) is 100.0 cm³/mol. The van der Waals surface area contributed by atoms with Gasteiger partial charge in [-0.25, -0.2) is 0 Å². The van der Waals surface area contributed by atoms with Crippen molar-refractivity contribution in [1.29, 1.82) is 0 Å². The molecule has 0 radical (unpaired) electrons. The number of hydrogen-bond acceptors (Lipinski definition) is 0. The smallest absolute Gasteiger partial charge is 0.0162 e. The lowest BCUT2D eigenvalue weighted by Gasteiger charge is -2.22. The van der Waals surface area contributed by atoms with Crippen molar-refractivity contribution in [3.63, 3.8) is 0 Å². The molecule has 0 spiro atoms. The molecule has 0 aromatic heterocycles.